The van der Waals surface area contributed by atoms with Crippen LogP contribution in [0.4, 0.5) is 5.69 Å². The number of benzene rings is 1. The number of non-ortho nitro benzene ring substituents is 1. The maximum Gasteiger partial charge on any atom is 0.269 e. The highest BCUT2D eigenvalue weighted by atomic mass is 16.6. The maximum atomic E-state index is 10.6. The van der Waals surface area contributed by atoms with Gasteiger partial charge < -0.3 is 4.74 Å². The summed E-state index contributed by atoms with van der Waals surface area (Å²) in [7, 11) is 1.69. The van der Waals surface area contributed by atoms with Gasteiger partial charge in [-0.25, -0.2) is 0 Å². The van der Waals surface area contributed by atoms with Crippen LogP contribution in [-0.4, -0.2) is 18.1 Å². The number of hydrogen-bond donors (Lipinski definition) is 0. The molecule has 0 N–H and O–H groups in total. The molecule has 4 heteroatoms. The molecule has 1 aliphatic rings. The number of methoxy groups -OCH3 is 1. The molecule has 0 spiro atoms. The van der Waals surface area contributed by atoms with Crippen molar-refractivity contribution in [3.05, 3.63) is 39.9 Å². The Kier molecular flexibility index (Phi) is 2.68. The Morgan fingerprint density at radius 1 is 1.47 bits per heavy atom. The van der Waals surface area contributed by atoms with E-state index in [9.17, 15) is 10.1 Å². The van der Waals surface area contributed by atoms with Gasteiger partial charge in [0.25, 0.3) is 5.69 Å². The van der Waals surface area contributed by atoms with E-state index in [1.165, 1.54) is 6.07 Å². The lowest BCUT2D eigenvalue weighted by atomic mass is 9.77. The molecule has 1 fully saturated rings. The predicted octanol–water partition coefficient (Wildman–Crippen LogP) is 2.49. The summed E-state index contributed by atoms with van der Waals surface area (Å²) in [5.41, 5.74) is 1.18. The average Bonchev–Trinajstić information content (AvgIpc) is 2.17. The topological polar surface area (TPSA) is 52.4 Å². The summed E-state index contributed by atoms with van der Waals surface area (Å²) in [6.45, 7) is 0. The van der Waals surface area contributed by atoms with E-state index in [0.717, 1.165) is 18.4 Å². The van der Waals surface area contributed by atoms with Crippen LogP contribution >= 0.6 is 0 Å². The second kappa shape index (κ2) is 3.98. The van der Waals surface area contributed by atoms with Crippen LogP contribution < -0.4 is 0 Å². The van der Waals surface area contributed by atoms with Crippen LogP contribution in [0.15, 0.2) is 24.3 Å². The molecule has 1 saturated carbocycles. The van der Waals surface area contributed by atoms with Gasteiger partial charge in [0.2, 0.25) is 0 Å². The van der Waals surface area contributed by atoms with Gasteiger partial charge in [-0.3, -0.25) is 10.1 Å². The summed E-state index contributed by atoms with van der Waals surface area (Å²) >= 11 is 0. The van der Waals surface area contributed by atoms with E-state index in [1.807, 2.05) is 6.07 Å². The predicted molar refractivity (Wildman–Crippen MR) is 55.9 cm³/mol. The second-order valence-corrected chi connectivity index (χ2v) is 3.81. The number of nitro benzene ring substituents is 1. The smallest absolute Gasteiger partial charge is 0.269 e. The molecule has 2 rings (SSSR count). The van der Waals surface area contributed by atoms with E-state index >= 15 is 0 Å². The van der Waals surface area contributed by atoms with Gasteiger partial charge in [-0.05, 0) is 18.4 Å². The van der Waals surface area contributed by atoms with Crippen molar-refractivity contribution in [3.8, 4) is 0 Å². The minimum atomic E-state index is -0.357. The molecule has 1 aliphatic carbocycles. The first kappa shape index (κ1) is 10.1. The Hall–Kier alpha value is -1.42. The Morgan fingerprint density at radius 3 is 2.80 bits per heavy atom. The molecule has 0 amide bonds. The quantitative estimate of drug-likeness (QED) is 0.565. The Morgan fingerprint density at radius 2 is 2.27 bits per heavy atom. The van der Waals surface area contributed by atoms with E-state index in [2.05, 4.69) is 0 Å². The van der Waals surface area contributed by atoms with Gasteiger partial charge in [0.05, 0.1) is 11.0 Å². The summed E-state index contributed by atoms with van der Waals surface area (Å²) < 4.78 is 5.28. The molecule has 0 aromatic heterocycles. The lowest BCUT2D eigenvalue weighted by Crippen LogP contribution is -2.30. The molecule has 1 aromatic rings. The standard InChI is InChI=1S/C11H13NO3/c1-15-11-6-5-10(11)8-3-2-4-9(7-8)12(13)14/h2-4,7,10-11H,5-6H2,1H3. The summed E-state index contributed by atoms with van der Waals surface area (Å²) in [5, 5.41) is 10.6. The molecule has 0 aliphatic heterocycles. The summed E-state index contributed by atoms with van der Waals surface area (Å²) in [6.07, 6.45) is 2.33. The van der Waals surface area contributed by atoms with Crippen LogP contribution in [-0.2, 0) is 4.74 Å². The van der Waals surface area contributed by atoms with Gasteiger partial charge in [0.15, 0.2) is 0 Å². The second-order valence-electron chi connectivity index (χ2n) is 3.81. The highest BCUT2D eigenvalue weighted by molar-refractivity contribution is 5.37. The van der Waals surface area contributed by atoms with Crippen molar-refractivity contribution in [1.82, 2.24) is 0 Å². The largest absolute Gasteiger partial charge is 0.381 e. The number of nitro groups is 1. The van der Waals surface area contributed by atoms with Crippen molar-refractivity contribution in [2.45, 2.75) is 24.9 Å². The highest BCUT2D eigenvalue weighted by Crippen LogP contribution is 2.39. The Balaban J connectivity index is 2.21. The van der Waals surface area contributed by atoms with Gasteiger partial charge in [0.1, 0.15) is 0 Å². The van der Waals surface area contributed by atoms with E-state index in [1.54, 1.807) is 19.2 Å². The van der Waals surface area contributed by atoms with E-state index in [-0.39, 0.29) is 16.7 Å². The number of rotatable bonds is 3. The molecule has 2 unspecified atom stereocenters. The molecule has 4 nitrogen and oxygen atoms in total. The van der Waals surface area contributed by atoms with Crippen LogP contribution in [0.5, 0.6) is 0 Å². The summed E-state index contributed by atoms with van der Waals surface area (Å²) in [4.78, 5) is 10.3. The van der Waals surface area contributed by atoms with E-state index in [0.29, 0.717) is 5.92 Å². The zero-order chi connectivity index (χ0) is 10.8. The molecule has 0 saturated heterocycles. The number of hydrogen-bond acceptors (Lipinski definition) is 3. The summed E-state index contributed by atoms with van der Waals surface area (Å²) in [5.74, 6) is 0.329. The molecule has 80 valence electrons. The molecule has 0 heterocycles. The van der Waals surface area contributed by atoms with Gasteiger partial charge >= 0.3 is 0 Å². The average molecular weight is 207 g/mol. The lowest BCUT2D eigenvalue weighted by molar-refractivity contribution is -0.385. The SMILES string of the molecule is COC1CCC1c1cccc([N+](=O)[O-])c1. The van der Waals surface area contributed by atoms with E-state index < -0.39 is 0 Å². The highest BCUT2D eigenvalue weighted by Gasteiger charge is 2.32. The van der Waals surface area contributed by atoms with Crippen molar-refractivity contribution in [2.75, 3.05) is 7.11 Å². The fourth-order valence-corrected chi connectivity index (χ4v) is 2.00. The Bertz CT molecular complexity index is 376. The minimum absolute atomic E-state index is 0.161. The van der Waals surface area contributed by atoms with Crippen LogP contribution in [0.2, 0.25) is 0 Å². The van der Waals surface area contributed by atoms with Crippen LogP contribution in [0, 0.1) is 10.1 Å². The van der Waals surface area contributed by atoms with Crippen LogP contribution in [0.3, 0.4) is 0 Å². The fraction of sp³-hybridized carbons (Fsp3) is 0.455. The zero-order valence-corrected chi connectivity index (χ0v) is 8.55. The van der Waals surface area contributed by atoms with Gasteiger partial charge in [0, 0.05) is 25.2 Å². The van der Waals surface area contributed by atoms with Crippen LogP contribution in [0.25, 0.3) is 0 Å². The van der Waals surface area contributed by atoms with Crippen molar-refractivity contribution < 1.29 is 9.66 Å². The molecular weight excluding hydrogens is 194 g/mol. The van der Waals surface area contributed by atoms with Gasteiger partial charge in [-0.15, -0.1) is 0 Å². The fourth-order valence-electron chi connectivity index (χ4n) is 2.00. The van der Waals surface area contributed by atoms with Crippen molar-refractivity contribution in [3.63, 3.8) is 0 Å². The molecule has 0 radical (unpaired) electrons. The number of ether oxygens (including phenoxy) is 1. The molecule has 0 bridgehead atoms. The monoisotopic (exact) mass is 207 g/mol. The van der Waals surface area contributed by atoms with Gasteiger partial charge in [-0.1, -0.05) is 12.1 Å². The first-order chi connectivity index (χ1) is 7.22. The number of nitrogens with zero attached hydrogens (tertiary/aromatic N) is 1. The minimum Gasteiger partial charge on any atom is -0.381 e. The Labute approximate surface area is 88.0 Å². The molecule has 15 heavy (non-hydrogen) atoms. The van der Waals surface area contributed by atoms with Crippen molar-refractivity contribution in [1.29, 1.82) is 0 Å². The molecule has 2 atom stereocenters. The lowest BCUT2D eigenvalue weighted by Gasteiger charge is -2.35. The summed E-state index contributed by atoms with van der Waals surface area (Å²) in [6, 6.07) is 6.83. The van der Waals surface area contributed by atoms with Crippen molar-refractivity contribution >= 4 is 5.69 Å². The maximum absolute atomic E-state index is 10.6. The van der Waals surface area contributed by atoms with Crippen molar-refractivity contribution in [2.24, 2.45) is 0 Å². The zero-order valence-electron chi connectivity index (χ0n) is 8.55. The van der Waals surface area contributed by atoms with E-state index in [4.69, 9.17) is 4.74 Å². The first-order valence-corrected chi connectivity index (χ1v) is 4.99. The molecular formula is C11H13NO3. The normalized spacial score (nSPS) is 24.6. The third-order valence-electron chi connectivity index (χ3n) is 3.02. The van der Waals surface area contributed by atoms with Gasteiger partial charge in [-0.2, -0.15) is 0 Å². The third kappa shape index (κ3) is 1.85. The first-order valence-electron chi connectivity index (χ1n) is 4.99. The third-order valence-corrected chi connectivity index (χ3v) is 3.02. The molecule has 1 aromatic carbocycles. The van der Waals surface area contributed by atoms with Crippen LogP contribution in [0.1, 0.15) is 24.3 Å².